The van der Waals surface area contributed by atoms with Gasteiger partial charge in [0.25, 0.3) is 0 Å². The molecule has 1 aliphatic rings. The lowest BCUT2D eigenvalue weighted by Gasteiger charge is -2.31. The molecule has 0 bridgehead atoms. The normalized spacial score (nSPS) is 19.8. The van der Waals surface area contributed by atoms with Crippen LogP contribution in [0.5, 0.6) is 0 Å². The van der Waals surface area contributed by atoms with Crippen molar-refractivity contribution in [2.75, 3.05) is 13.1 Å². The van der Waals surface area contributed by atoms with Crippen LogP contribution in [-0.2, 0) is 13.0 Å². The average molecular weight is 196 g/mol. The molecular weight excluding hydrogens is 180 g/mol. The van der Waals surface area contributed by atoms with E-state index in [0.717, 1.165) is 13.1 Å². The SMILES string of the molecule is CC(CN)N1CCc2ccsc2C1. The molecule has 2 nitrogen and oxygen atoms in total. The first-order valence-corrected chi connectivity index (χ1v) is 5.68. The van der Waals surface area contributed by atoms with Crippen LogP contribution in [0.2, 0.25) is 0 Å². The molecule has 1 atom stereocenters. The van der Waals surface area contributed by atoms with Crippen LogP contribution in [0.15, 0.2) is 11.4 Å². The summed E-state index contributed by atoms with van der Waals surface area (Å²) in [5.41, 5.74) is 7.21. The van der Waals surface area contributed by atoms with Gasteiger partial charge in [-0.05, 0) is 30.4 Å². The number of thiophene rings is 1. The van der Waals surface area contributed by atoms with Crippen molar-refractivity contribution >= 4 is 11.3 Å². The Kier molecular flexibility index (Phi) is 2.67. The number of fused-ring (bicyclic) bond motifs is 1. The van der Waals surface area contributed by atoms with E-state index < -0.39 is 0 Å². The van der Waals surface area contributed by atoms with Gasteiger partial charge in [-0.2, -0.15) is 0 Å². The molecule has 1 aromatic heterocycles. The van der Waals surface area contributed by atoms with Gasteiger partial charge in [0.2, 0.25) is 0 Å². The first-order valence-electron chi connectivity index (χ1n) is 4.80. The fraction of sp³-hybridized carbons (Fsp3) is 0.600. The van der Waals surface area contributed by atoms with Crippen molar-refractivity contribution in [3.8, 4) is 0 Å². The van der Waals surface area contributed by atoms with E-state index in [1.807, 2.05) is 11.3 Å². The van der Waals surface area contributed by atoms with E-state index in [-0.39, 0.29) is 0 Å². The number of nitrogens with zero attached hydrogens (tertiary/aromatic N) is 1. The fourth-order valence-electron chi connectivity index (χ4n) is 1.78. The molecule has 0 fully saturated rings. The van der Waals surface area contributed by atoms with Crippen molar-refractivity contribution in [1.29, 1.82) is 0 Å². The highest BCUT2D eigenvalue weighted by molar-refractivity contribution is 7.10. The molecule has 0 aromatic carbocycles. The maximum Gasteiger partial charge on any atom is 0.0334 e. The van der Waals surface area contributed by atoms with Crippen molar-refractivity contribution < 1.29 is 0 Å². The monoisotopic (exact) mass is 196 g/mol. The van der Waals surface area contributed by atoms with E-state index >= 15 is 0 Å². The van der Waals surface area contributed by atoms with Crippen LogP contribution in [0.25, 0.3) is 0 Å². The lowest BCUT2D eigenvalue weighted by molar-refractivity contribution is 0.198. The molecule has 2 heterocycles. The second-order valence-electron chi connectivity index (χ2n) is 3.67. The van der Waals surface area contributed by atoms with Crippen molar-refractivity contribution in [2.24, 2.45) is 5.73 Å². The summed E-state index contributed by atoms with van der Waals surface area (Å²) in [6.07, 6.45) is 1.20. The van der Waals surface area contributed by atoms with Crippen LogP contribution in [0.4, 0.5) is 0 Å². The van der Waals surface area contributed by atoms with Crippen LogP contribution in [0.1, 0.15) is 17.4 Å². The molecule has 0 spiro atoms. The minimum atomic E-state index is 0.523. The van der Waals surface area contributed by atoms with Crippen LogP contribution in [0, 0.1) is 0 Å². The quantitative estimate of drug-likeness (QED) is 0.776. The number of rotatable bonds is 2. The average Bonchev–Trinajstić information content (AvgIpc) is 2.63. The summed E-state index contributed by atoms with van der Waals surface area (Å²) in [4.78, 5) is 4.00. The third-order valence-corrected chi connectivity index (χ3v) is 3.77. The van der Waals surface area contributed by atoms with Crippen molar-refractivity contribution in [3.63, 3.8) is 0 Å². The van der Waals surface area contributed by atoms with Gasteiger partial charge in [0.15, 0.2) is 0 Å². The maximum absolute atomic E-state index is 5.66. The van der Waals surface area contributed by atoms with Crippen molar-refractivity contribution in [3.05, 3.63) is 21.9 Å². The molecule has 72 valence electrons. The van der Waals surface area contributed by atoms with Gasteiger partial charge < -0.3 is 5.73 Å². The molecule has 1 aromatic rings. The molecule has 0 saturated carbocycles. The minimum Gasteiger partial charge on any atom is -0.329 e. The van der Waals surface area contributed by atoms with E-state index in [2.05, 4.69) is 23.3 Å². The summed E-state index contributed by atoms with van der Waals surface area (Å²) < 4.78 is 0. The van der Waals surface area contributed by atoms with E-state index in [0.29, 0.717) is 6.04 Å². The molecule has 2 N–H and O–H groups in total. The largest absolute Gasteiger partial charge is 0.329 e. The van der Waals surface area contributed by atoms with Gasteiger partial charge in [-0.3, -0.25) is 4.90 Å². The molecule has 3 heteroatoms. The zero-order chi connectivity index (χ0) is 9.26. The third-order valence-electron chi connectivity index (χ3n) is 2.82. The fourth-order valence-corrected chi connectivity index (χ4v) is 2.74. The molecule has 0 aliphatic carbocycles. The molecule has 0 amide bonds. The summed E-state index contributed by atoms with van der Waals surface area (Å²) in [6.45, 7) is 5.24. The smallest absolute Gasteiger partial charge is 0.0334 e. The highest BCUT2D eigenvalue weighted by Gasteiger charge is 2.20. The number of hydrogen-bond acceptors (Lipinski definition) is 3. The van der Waals surface area contributed by atoms with Crippen molar-refractivity contribution in [1.82, 2.24) is 4.90 Å². The first kappa shape index (κ1) is 9.19. The summed E-state index contributed by atoms with van der Waals surface area (Å²) in [7, 11) is 0. The van der Waals surface area contributed by atoms with E-state index in [9.17, 15) is 0 Å². The van der Waals surface area contributed by atoms with Gasteiger partial charge in [0.1, 0.15) is 0 Å². The Labute approximate surface area is 83.4 Å². The molecular formula is C10H16N2S. The Hall–Kier alpha value is -0.380. The van der Waals surface area contributed by atoms with Crippen LogP contribution in [-0.4, -0.2) is 24.0 Å². The minimum absolute atomic E-state index is 0.523. The Morgan fingerprint density at radius 2 is 2.54 bits per heavy atom. The van der Waals surface area contributed by atoms with Gasteiger partial charge in [0.05, 0.1) is 0 Å². The lowest BCUT2D eigenvalue weighted by Crippen LogP contribution is -2.41. The lowest BCUT2D eigenvalue weighted by atomic mass is 10.1. The molecule has 1 unspecified atom stereocenters. The van der Waals surface area contributed by atoms with E-state index in [1.165, 1.54) is 17.8 Å². The highest BCUT2D eigenvalue weighted by Crippen LogP contribution is 2.24. The van der Waals surface area contributed by atoms with Gasteiger partial charge in [-0.1, -0.05) is 0 Å². The standard InChI is InChI=1S/C10H16N2S/c1-8(6-11)12-4-2-9-3-5-13-10(9)7-12/h3,5,8H,2,4,6-7,11H2,1H3. The summed E-state index contributed by atoms with van der Waals surface area (Å²) in [6, 6.07) is 2.78. The Morgan fingerprint density at radius 3 is 3.31 bits per heavy atom. The van der Waals surface area contributed by atoms with Gasteiger partial charge >= 0.3 is 0 Å². The Morgan fingerprint density at radius 1 is 1.69 bits per heavy atom. The van der Waals surface area contributed by atoms with E-state index in [4.69, 9.17) is 5.73 Å². The highest BCUT2D eigenvalue weighted by atomic mass is 32.1. The summed E-state index contributed by atoms with van der Waals surface area (Å²) in [5.74, 6) is 0. The molecule has 0 radical (unpaired) electrons. The molecule has 2 rings (SSSR count). The summed E-state index contributed by atoms with van der Waals surface area (Å²) in [5, 5.41) is 2.20. The Bertz CT molecular complexity index is 282. The van der Waals surface area contributed by atoms with Crippen LogP contribution in [0.3, 0.4) is 0 Å². The van der Waals surface area contributed by atoms with E-state index in [1.54, 1.807) is 5.56 Å². The van der Waals surface area contributed by atoms with Crippen LogP contribution >= 0.6 is 11.3 Å². The van der Waals surface area contributed by atoms with Gasteiger partial charge in [0, 0.05) is 30.6 Å². The van der Waals surface area contributed by atoms with Gasteiger partial charge in [-0.15, -0.1) is 11.3 Å². The number of nitrogens with two attached hydrogens (primary N) is 1. The second kappa shape index (κ2) is 3.78. The molecule has 13 heavy (non-hydrogen) atoms. The number of hydrogen-bond donors (Lipinski definition) is 1. The zero-order valence-electron chi connectivity index (χ0n) is 7.99. The molecule has 1 aliphatic heterocycles. The third kappa shape index (κ3) is 1.77. The topological polar surface area (TPSA) is 29.3 Å². The maximum atomic E-state index is 5.66. The Balaban J connectivity index is 2.08. The molecule has 0 saturated heterocycles. The first-order chi connectivity index (χ1) is 6.31. The second-order valence-corrected chi connectivity index (χ2v) is 4.67. The zero-order valence-corrected chi connectivity index (χ0v) is 8.81. The van der Waals surface area contributed by atoms with Crippen molar-refractivity contribution in [2.45, 2.75) is 25.9 Å². The predicted molar refractivity (Wildman–Crippen MR) is 56.9 cm³/mol. The van der Waals surface area contributed by atoms with Crippen LogP contribution < -0.4 is 5.73 Å². The summed E-state index contributed by atoms with van der Waals surface area (Å²) >= 11 is 1.87. The predicted octanol–water partition coefficient (Wildman–Crippen LogP) is 1.45. The van der Waals surface area contributed by atoms with Gasteiger partial charge in [-0.25, -0.2) is 0 Å².